The number of halogens is 3. The minimum absolute atomic E-state index is 0.0318. The number of hydrogen-bond donors (Lipinski definition) is 2. The van der Waals surface area contributed by atoms with Crippen LogP contribution >= 0.6 is 0 Å². The molecule has 2 atom stereocenters. The molecule has 4 rings (SSSR count). The molecule has 4 heterocycles. The van der Waals surface area contributed by atoms with Gasteiger partial charge in [0, 0.05) is 37.7 Å². The maximum absolute atomic E-state index is 12.9. The Bertz CT molecular complexity index is 860. The lowest BCUT2D eigenvalue weighted by Gasteiger charge is -2.35. The van der Waals surface area contributed by atoms with E-state index in [1.54, 1.807) is 0 Å². The molecule has 11 heteroatoms. The Morgan fingerprint density at radius 3 is 2.37 bits per heavy atom. The maximum Gasteiger partial charge on any atom is 0.417 e. The summed E-state index contributed by atoms with van der Waals surface area (Å²) >= 11 is 0. The number of piperazine rings is 1. The Hall–Kier alpha value is -2.95. The minimum atomic E-state index is -4.43. The van der Waals surface area contributed by atoms with Crippen LogP contribution in [0, 0.1) is 0 Å². The van der Waals surface area contributed by atoms with Crippen molar-refractivity contribution in [3.05, 3.63) is 42.0 Å². The van der Waals surface area contributed by atoms with Crippen molar-refractivity contribution in [2.24, 2.45) is 0 Å². The average molecular weight is 380 g/mol. The van der Waals surface area contributed by atoms with Gasteiger partial charge in [-0.15, -0.1) is 0 Å². The van der Waals surface area contributed by atoms with Gasteiger partial charge in [-0.05, 0) is 12.5 Å². The topological polar surface area (TPSA) is 94.5 Å². The van der Waals surface area contributed by atoms with E-state index < -0.39 is 17.6 Å². The summed E-state index contributed by atoms with van der Waals surface area (Å²) in [5.74, 6) is -0.258. The highest BCUT2D eigenvalue weighted by molar-refractivity contribution is 5.92. The molecular formula is C16H15F3N6O2. The van der Waals surface area contributed by atoms with Gasteiger partial charge in [0.15, 0.2) is 0 Å². The predicted octanol–water partition coefficient (Wildman–Crippen LogP) is 1.48. The van der Waals surface area contributed by atoms with E-state index in [2.05, 4.69) is 15.0 Å². The summed E-state index contributed by atoms with van der Waals surface area (Å²) < 4.78 is 38.7. The van der Waals surface area contributed by atoms with E-state index in [0.717, 1.165) is 18.7 Å². The lowest BCUT2D eigenvalue weighted by atomic mass is 10.2. The Labute approximate surface area is 151 Å². The number of fused-ring (bicyclic) bond motifs is 2. The van der Waals surface area contributed by atoms with Crippen LogP contribution in [-0.2, 0) is 6.18 Å². The molecule has 8 nitrogen and oxygen atoms in total. The number of aromatic nitrogens is 3. The number of nitrogens with zero attached hydrogens (tertiary/aromatic N) is 5. The second-order valence-electron chi connectivity index (χ2n) is 6.49. The third kappa shape index (κ3) is 3.14. The van der Waals surface area contributed by atoms with Crippen LogP contribution < -0.4 is 15.3 Å². The molecule has 0 unspecified atom stereocenters. The SMILES string of the molecule is O=C(NO)c1cnc(N2C[C@@H]3C[C@H]2CN3c2cncc(C(F)(F)F)c2)nc1. The first kappa shape index (κ1) is 17.5. The summed E-state index contributed by atoms with van der Waals surface area (Å²) in [6.07, 6.45) is 1.24. The number of hydrogen-bond acceptors (Lipinski definition) is 7. The van der Waals surface area contributed by atoms with Gasteiger partial charge in [0.2, 0.25) is 5.95 Å². The zero-order valence-corrected chi connectivity index (χ0v) is 13.9. The number of anilines is 2. The van der Waals surface area contributed by atoms with Gasteiger partial charge in [-0.1, -0.05) is 0 Å². The van der Waals surface area contributed by atoms with E-state index >= 15 is 0 Å². The van der Waals surface area contributed by atoms with Gasteiger partial charge in [-0.3, -0.25) is 15.0 Å². The lowest BCUT2D eigenvalue weighted by molar-refractivity contribution is -0.137. The van der Waals surface area contributed by atoms with Crippen molar-refractivity contribution in [2.75, 3.05) is 22.9 Å². The quantitative estimate of drug-likeness (QED) is 0.615. The van der Waals surface area contributed by atoms with E-state index in [9.17, 15) is 18.0 Å². The Balaban J connectivity index is 1.49. The van der Waals surface area contributed by atoms with Crippen LogP contribution in [0.4, 0.5) is 24.8 Å². The highest BCUT2D eigenvalue weighted by Crippen LogP contribution is 2.38. The lowest BCUT2D eigenvalue weighted by Crippen LogP contribution is -2.47. The molecule has 2 aliphatic heterocycles. The second-order valence-corrected chi connectivity index (χ2v) is 6.49. The molecule has 0 aliphatic carbocycles. The Kier molecular flexibility index (Phi) is 4.10. The Morgan fingerprint density at radius 2 is 1.78 bits per heavy atom. The summed E-state index contributed by atoms with van der Waals surface area (Å²) in [5.41, 5.74) is 1.33. The molecule has 2 saturated heterocycles. The molecule has 2 aromatic heterocycles. The number of nitrogens with one attached hydrogen (secondary N) is 1. The number of rotatable bonds is 3. The van der Waals surface area contributed by atoms with Gasteiger partial charge >= 0.3 is 6.18 Å². The minimum Gasteiger partial charge on any atom is -0.363 e. The fourth-order valence-corrected chi connectivity index (χ4v) is 3.62. The van der Waals surface area contributed by atoms with Crippen LogP contribution in [0.1, 0.15) is 22.3 Å². The monoisotopic (exact) mass is 380 g/mol. The average Bonchev–Trinajstić information content (AvgIpc) is 3.28. The predicted molar refractivity (Wildman–Crippen MR) is 87.4 cm³/mol. The number of carbonyl (C=O) groups is 1. The van der Waals surface area contributed by atoms with Gasteiger partial charge in [0.25, 0.3) is 5.91 Å². The van der Waals surface area contributed by atoms with Crippen molar-refractivity contribution in [2.45, 2.75) is 24.7 Å². The van der Waals surface area contributed by atoms with Gasteiger partial charge in [0.05, 0.1) is 29.1 Å². The first-order valence-corrected chi connectivity index (χ1v) is 8.19. The summed E-state index contributed by atoms with van der Waals surface area (Å²) in [6.45, 7) is 1.10. The number of alkyl halides is 3. The fraction of sp³-hybridized carbons (Fsp3) is 0.375. The smallest absolute Gasteiger partial charge is 0.363 e. The van der Waals surface area contributed by atoms with E-state index in [0.29, 0.717) is 24.7 Å². The van der Waals surface area contributed by atoms with Crippen molar-refractivity contribution in [1.82, 2.24) is 20.4 Å². The summed E-state index contributed by atoms with van der Waals surface area (Å²) in [4.78, 5) is 27.3. The van der Waals surface area contributed by atoms with Crippen molar-refractivity contribution < 1.29 is 23.2 Å². The molecule has 2 fully saturated rings. The first-order chi connectivity index (χ1) is 12.9. The molecule has 2 aliphatic rings. The van der Waals surface area contributed by atoms with Crippen molar-refractivity contribution in [1.29, 1.82) is 0 Å². The standard InChI is InChI=1S/C16H15F3N6O2/c17-16(18,19)10-1-11(6-20-5-10)24-7-13-2-12(24)8-25(13)15-21-3-9(4-22-15)14(26)23-27/h1,3-6,12-13,27H,2,7-8H2,(H,23,26)/t12-,13-/m0/s1. The molecule has 2 bridgehead atoms. The molecule has 0 spiro atoms. The molecule has 2 N–H and O–H groups in total. The van der Waals surface area contributed by atoms with E-state index in [-0.39, 0.29) is 17.6 Å². The molecule has 1 amide bonds. The summed E-state index contributed by atoms with van der Waals surface area (Å²) in [7, 11) is 0. The second kappa shape index (κ2) is 6.34. The number of amides is 1. The van der Waals surface area contributed by atoms with Crippen LogP contribution in [-0.4, -0.2) is 51.2 Å². The summed E-state index contributed by atoms with van der Waals surface area (Å²) in [6, 6.07) is 1.21. The zero-order chi connectivity index (χ0) is 19.2. The van der Waals surface area contributed by atoms with Crippen molar-refractivity contribution in [3.63, 3.8) is 0 Å². The van der Waals surface area contributed by atoms with Gasteiger partial charge in [-0.25, -0.2) is 15.4 Å². The van der Waals surface area contributed by atoms with Crippen LogP contribution in [0.15, 0.2) is 30.9 Å². The third-order valence-electron chi connectivity index (χ3n) is 4.88. The molecule has 27 heavy (non-hydrogen) atoms. The molecule has 0 radical (unpaired) electrons. The van der Waals surface area contributed by atoms with Gasteiger partial charge in [0.1, 0.15) is 0 Å². The molecule has 2 aromatic rings. The number of carbonyl (C=O) groups excluding carboxylic acids is 1. The number of pyridine rings is 1. The van der Waals surface area contributed by atoms with Crippen LogP contribution in [0.25, 0.3) is 0 Å². The molecular weight excluding hydrogens is 365 g/mol. The third-order valence-corrected chi connectivity index (χ3v) is 4.88. The van der Waals surface area contributed by atoms with Gasteiger partial charge < -0.3 is 9.80 Å². The van der Waals surface area contributed by atoms with Crippen molar-refractivity contribution in [3.8, 4) is 0 Å². The van der Waals surface area contributed by atoms with E-state index in [1.165, 1.54) is 24.1 Å². The van der Waals surface area contributed by atoms with E-state index in [1.807, 2.05) is 9.80 Å². The maximum atomic E-state index is 12.9. The largest absolute Gasteiger partial charge is 0.417 e. The highest BCUT2D eigenvalue weighted by atomic mass is 19.4. The van der Waals surface area contributed by atoms with Crippen molar-refractivity contribution >= 4 is 17.5 Å². The molecule has 0 saturated carbocycles. The summed E-state index contributed by atoms with van der Waals surface area (Å²) in [5, 5.41) is 8.62. The molecule has 0 aromatic carbocycles. The molecule has 142 valence electrons. The zero-order valence-electron chi connectivity index (χ0n) is 13.9. The van der Waals surface area contributed by atoms with Gasteiger partial charge in [-0.2, -0.15) is 13.2 Å². The first-order valence-electron chi connectivity index (χ1n) is 8.19. The highest BCUT2D eigenvalue weighted by Gasteiger charge is 2.45. The fourth-order valence-electron chi connectivity index (χ4n) is 3.62. The van der Waals surface area contributed by atoms with Crippen LogP contribution in [0.3, 0.4) is 0 Å². The number of hydroxylamine groups is 1. The Morgan fingerprint density at radius 1 is 1.11 bits per heavy atom. The van der Waals surface area contributed by atoms with Crippen LogP contribution in [0.5, 0.6) is 0 Å². The normalized spacial score (nSPS) is 21.6. The van der Waals surface area contributed by atoms with E-state index in [4.69, 9.17) is 5.21 Å². The van der Waals surface area contributed by atoms with Crippen LogP contribution in [0.2, 0.25) is 0 Å².